The minimum atomic E-state index is -0.699. The summed E-state index contributed by atoms with van der Waals surface area (Å²) in [7, 11) is 1.29. The molecule has 51 heavy (non-hydrogen) atoms. The highest BCUT2D eigenvalue weighted by Crippen LogP contribution is 2.34. The summed E-state index contributed by atoms with van der Waals surface area (Å²) < 4.78 is 11.0. The van der Waals surface area contributed by atoms with Crippen LogP contribution in [0.1, 0.15) is 74.5 Å². The number of H-pyrrole nitrogens is 2. The first-order valence-electron chi connectivity index (χ1n) is 16.3. The van der Waals surface area contributed by atoms with Gasteiger partial charge in [0.1, 0.15) is 34.9 Å². The van der Waals surface area contributed by atoms with Gasteiger partial charge in [-0.05, 0) is 86.1 Å². The Kier molecular flexibility index (Phi) is 15.3. The second kappa shape index (κ2) is 19.1. The van der Waals surface area contributed by atoms with E-state index in [-0.39, 0.29) is 61.1 Å². The molecule has 11 nitrogen and oxygen atoms in total. The highest BCUT2D eigenvalue weighted by molar-refractivity contribution is 5.86. The molecule has 4 heterocycles. The summed E-state index contributed by atoms with van der Waals surface area (Å²) in [5.74, 6) is 14.7. The monoisotopic (exact) mass is 753 g/mol. The quantitative estimate of drug-likeness (QED) is 0.147. The Bertz CT molecular complexity index is 1890. The third-order valence-corrected chi connectivity index (χ3v) is 8.54. The summed E-state index contributed by atoms with van der Waals surface area (Å²) >= 11 is 0. The standard InChI is InChI=1S/C37H39N7O4.3ClH/c1-24(2)33(43-37(46)47-3)36(45)44-20-10-16-31(44)35-40-23-30(42-35)26-18-17-25(32(21-26)48-28-13-5-4-6-14-28)11-7-8-12-27-22-39-34(41-27)29-15-9-19-38-29;;;/h4-6,13-14,17-18,21-24,29,31,33,38H,9-10,15-16,19-20H2,1-3H3,(H,39,41)(H,40,42)(H,43,46);3*1H/t29?,31?,33-;;;/m0.../s1. The molecule has 0 aliphatic carbocycles. The molecule has 2 aromatic carbocycles. The molecule has 0 radical (unpaired) electrons. The molecular weight excluding hydrogens is 713 g/mol. The van der Waals surface area contributed by atoms with Gasteiger partial charge in [0.25, 0.3) is 0 Å². The van der Waals surface area contributed by atoms with Crippen LogP contribution in [0.5, 0.6) is 11.5 Å². The van der Waals surface area contributed by atoms with Gasteiger partial charge in [-0.1, -0.05) is 38.1 Å². The third kappa shape index (κ3) is 9.99. The lowest BCUT2D eigenvalue weighted by molar-refractivity contribution is -0.135. The van der Waals surface area contributed by atoms with E-state index in [9.17, 15) is 9.59 Å². The van der Waals surface area contributed by atoms with Gasteiger partial charge in [0.15, 0.2) is 0 Å². The molecule has 14 heteroatoms. The molecule has 2 saturated heterocycles. The molecule has 4 N–H and O–H groups in total. The Balaban J connectivity index is 0.00000234. The van der Waals surface area contributed by atoms with Gasteiger partial charge in [0.2, 0.25) is 5.91 Å². The zero-order valence-electron chi connectivity index (χ0n) is 28.5. The molecule has 2 aliphatic rings. The van der Waals surface area contributed by atoms with Gasteiger partial charge in [0.05, 0.1) is 42.8 Å². The number of carbonyl (C=O) groups is 2. The van der Waals surface area contributed by atoms with Crippen molar-refractivity contribution in [2.24, 2.45) is 5.92 Å². The van der Waals surface area contributed by atoms with Crippen molar-refractivity contribution in [2.75, 3.05) is 20.2 Å². The molecule has 2 aromatic heterocycles. The molecular formula is C37H42Cl3N7O4. The van der Waals surface area contributed by atoms with Crippen LogP contribution < -0.4 is 15.4 Å². The molecule has 2 amide bonds. The largest absolute Gasteiger partial charge is 0.456 e. The average Bonchev–Trinajstić information content (AvgIpc) is 3.93. The average molecular weight is 755 g/mol. The molecule has 270 valence electrons. The summed E-state index contributed by atoms with van der Waals surface area (Å²) in [6.45, 7) is 5.38. The van der Waals surface area contributed by atoms with E-state index in [0.29, 0.717) is 29.4 Å². The maximum atomic E-state index is 13.6. The number of alkyl carbamates (subject to hydrolysis) is 1. The normalized spacial score (nSPS) is 16.6. The van der Waals surface area contributed by atoms with E-state index in [4.69, 9.17) is 9.47 Å². The highest BCUT2D eigenvalue weighted by atomic mass is 35.5. The van der Waals surface area contributed by atoms with Crippen LogP contribution in [0.2, 0.25) is 0 Å². The Morgan fingerprint density at radius 1 is 0.941 bits per heavy atom. The maximum Gasteiger partial charge on any atom is 0.407 e. The number of nitrogens with zero attached hydrogens (tertiary/aromatic N) is 3. The number of rotatable bonds is 8. The highest BCUT2D eigenvalue weighted by Gasteiger charge is 2.37. The van der Waals surface area contributed by atoms with E-state index in [1.165, 1.54) is 7.11 Å². The summed E-state index contributed by atoms with van der Waals surface area (Å²) in [4.78, 5) is 43.2. The second-order valence-electron chi connectivity index (χ2n) is 12.2. The number of imidazole rings is 2. The number of ether oxygens (including phenoxy) is 2. The number of nitrogens with one attached hydrogen (secondary N) is 4. The van der Waals surface area contributed by atoms with Crippen LogP contribution in [0.25, 0.3) is 11.3 Å². The van der Waals surface area contributed by atoms with Crippen molar-refractivity contribution in [3.63, 3.8) is 0 Å². The fourth-order valence-electron chi connectivity index (χ4n) is 6.03. The predicted octanol–water partition coefficient (Wildman–Crippen LogP) is 6.73. The fourth-order valence-corrected chi connectivity index (χ4v) is 6.03. The van der Waals surface area contributed by atoms with Crippen LogP contribution in [-0.2, 0) is 9.53 Å². The zero-order chi connectivity index (χ0) is 33.5. The molecule has 2 fully saturated rings. The second-order valence-corrected chi connectivity index (χ2v) is 12.2. The number of para-hydroxylation sites is 1. The van der Waals surface area contributed by atoms with E-state index < -0.39 is 12.1 Å². The van der Waals surface area contributed by atoms with Gasteiger partial charge in [-0.25, -0.2) is 14.8 Å². The lowest BCUT2D eigenvalue weighted by Gasteiger charge is -2.30. The first-order valence-corrected chi connectivity index (χ1v) is 16.3. The van der Waals surface area contributed by atoms with Crippen LogP contribution in [0.4, 0.5) is 4.79 Å². The molecule has 0 bridgehead atoms. The molecule has 6 rings (SSSR count). The van der Waals surface area contributed by atoms with Crippen molar-refractivity contribution >= 4 is 49.2 Å². The minimum absolute atomic E-state index is 0. The number of benzene rings is 2. The minimum Gasteiger partial charge on any atom is -0.456 e. The number of aromatic amines is 2. The third-order valence-electron chi connectivity index (χ3n) is 8.54. The van der Waals surface area contributed by atoms with E-state index in [0.717, 1.165) is 55.0 Å². The number of hydrogen-bond acceptors (Lipinski definition) is 7. The van der Waals surface area contributed by atoms with Crippen LogP contribution >= 0.6 is 37.2 Å². The van der Waals surface area contributed by atoms with Gasteiger partial charge in [-0.2, -0.15) is 0 Å². The first kappa shape index (κ1) is 40.8. The summed E-state index contributed by atoms with van der Waals surface area (Å²) in [6, 6.07) is 14.6. The predicted molar refractivity (Wildman–Crippen MR) is 202 cm³/mol. The smallest absolute Gasteiger partial charge is 0.407 e. The number of amides is 2. The number of halogens is 3. The van der Waals surface area contributed by atoms with Crippen molar-refractivity contribution in [3.8, 4) is 46.4 Å². The molecule has 2 aliphatic heterocycles. The Morgan fingerprint density at radius 3 is 2.43 bits per heavy atom. The van der Waals surface area contributed by atoms with Crippen molar-refractivity contribution in [1.82, 2.24) is 35.5 Å². The Hall–Kier alpha value is -4.65. The lowest BCUT2D eigenvalue weighted by atomic mass is 10.0. The van der Waals surface area contributed by atoms with Crippen molar-refractivity contribution in [1.29, 1.82) is 0 Å². The van der Waals surface area contributed by atoms with Crippen molar-refractivity contribution < 1.29 is 19.1 Å². The number of methoxy groups -OCH3 is 1. The van der Waals surface area contributed by atoms with Crippen LogP contribution in [0.3, 0.4) is 0 Å². The van der Waals surface area contributed by atoms with Gasteiger partial charge in [0, 0.05) is 12.1 Å². The topological polar surface area (TPSA) is 137 Å². The van der Waals surface area contributed by atoms with E-state index in [1.807, 2.05) is 62.4 Å². The molecule has 3 atom stereocenters. The van der Waals surface area contributed by atoms with Crippen LogP contribution in [0, 0.1) is 29.6 Å². The van der Waals surface area contributed by atoms with Crippen LogP contribution in [-0.4, -0.2) is 63.1 Å². The fraction of sp³-hybridized carbons (Fsp3) is 0.351. The zero-order valence-corrected chi connectivity index (χ0v) is 31.0. The number of likely N-dealkylation sites (tertiary alicyclic amines) is 1. The van der Waals surface area contributed by atoms with Gasteiger partial charge in [-0.15, -0.1) is 37.2 Å². The summed E-state index contributed by atoms with van der Waals surface area (Å²) in [6.07, 6.45) is 6.67. The van der Waals surface area contributed by atoms with Crippen molar-refractivity contribution in [2.45, 2.75) is 57.7 Å². The molecule has 2 unspecified atom stereocenters. The van der Waals surface area contributed by atoms with E-state index in [1.54, 1.807) is 17.3 Å². The summed E-state index contributed by atoms with van der Waals surface area (Å²) in [5.41, 5.74) is 3.04. The van der Waals surface area contributed by atoms with E-state index >= 15 is 0 Å². The van der Waals surface area contributed by atoms with E-state index in [2.05, 4.69) is 54.3 Å². The Labute approximate surface area is 316 Å². The molecule has 0 saturated carbocycles. The molecule has 0 spiro atoms. The summed E-state index contributed by atoms with van der Waals surface area (Å²) in [5, 5.41) is 6.12. The van der Waals surface area contributed by atoms with Crippen LogP contribution in [0.15, 0.2) is 60.9 Å². The van der Waals surface area contributed by atoms with Gasteiger partial charge >= 0.3 is 6.09 Å². The SMILES string of the molecule is COC(=O)N[C@H](C(=O)N1CCCC1c1ncc(-c2ccc(C#CC#Cc3cnc(C4CCCN4)[nH]3)c(Oc3ccccc3)c2)[nH]1)C(C)C.Cl.Cl.Cl. The van der Waals surface area contributed by atoms with Gasteiger partial charge < -0.3 is 35.0 Å². The van der Waals surface area contributed by atoms with Crippen molar-refractivity contribution in [3.05, 3.63) is 83.8 Å². The maximum absolute atomic E-state index is 13.6. The lowest BCUT2D eigenvalue weighted by Crippen LogP contribution is -2.51. The van der Waals surface area contributed by atoms with Gasteiger partial charge in [-0.3, -0.25) is 4.79 Å². The number of hydrogen-bond donors (Lipinski definition) is 4. The number of aromatic nitrogens is 4. The number of carbonyl (C=O) groups excluding carboxylic acids is 2. The molecule has 4 aromatic rings. The Morgan fingerprint density at radius 2 is 1.71 bits per heavy atom. The first-order chi connectivity index (χ1) is 23.4.